The molecular weight excluding hydrogens is 362 g/mol. The van der Waals surface area contributed by atoms with E-state index in [-0.39, 0.29) is 29.8 Å². The van der Waals surface area contributed by atoms with Crippen molar-refractivity contribution >= 4 is 35.2 Å². The summed E-state index contributed by atoms with van der Waals surface area (Å²) in [5.74, 6) is -2.07. The molecule has 8 heteroatoms. The zero-order valence-electron chi connectivity index (χ0n) is 14.6. The van der Waals surface area contributed by atoms with Crippen LogP contribution in [0.2, 0.25) is 5.02 Å². The van der Waals surface area contributed by atoms with Gasteiger partial charge in [0.05, 0.1) is 39.0 Å². The normalized spacial score (nSPS) is 15.7. The van der Waals surface area contributed by atoms with Crippen LogP contribution in [0.3, 0.4) is 0 Å². The third-order valence-electron chi connectivity index (χ3n) is 3.82. The quantitative estimate of drug-likeness (QED) is 0.449. The average Bonchev–Trinajstić information content (AvgIpc) is 2.65. The summed E-state index contributed by atoms with van der Waals surface area (Å²) >= 11 is 6.04. The molecule has 2 rings (SSSR count). The molecule has 0 aromatic heterocycles. The van der Waals surface area contributed by atoms with E-state index in [1.54, 1.807) is 29.2 Å². The summed E-state index contributed by atoms with van der Waals surface area (Å²) in [6.45, 7) is 0.274. The van der Waals surface area contributed by atoms with E-state index < -0.39 is 17.9 Å². The van der Waals surface area contributed by atoms with Crippen LogP contribution >= 0.6 is 11.6 Å². The maximum Gasteiger partial charge on any atom is 0.338 e. The molecule has 1 heterocycles. The second kappa shape index (κ2) is 8.53. The van der Waals surface area contributed by atoms with Crippen molar-refractivity contribution in [3.63, 3.8) is 0 Å². The molecule has 138 valence electrons. The highest BCUT2D eigenvalue weighted by atomic mass is 35.5. The van der Waals surface area contributed by atoms with E-state index in [4.69, 9.17) is 21.1 Å². The van der Waals surface area contributed by atoms with Crippen LogP contribution in [0.5, 0.6) is 0 Å². The van der Waals surface area contributed by atoms with Gasteiger partial charge in [0.2, 0.25) is 0 Å². The first-order chi connectivity index (χ1) is 12.4. The van der Waals surface area contributed by atoms with Crippen LogP contribution in [0, 0.1) is 0 Å². The number of carbonyl (C=O) groups is 3. The minimum absolute atomic E-state index is 0.00280. The third kappa shape index (κ3) is 4.23. The van der Waals surface area contributed by atoms with Crippen LogP contribution in [0.25, 0.3) is 0 Å². The van der Waals surface area contributed by atoms with E-state index in [9.17, 15) is 14.4 Å². The Kier molecular flexibility index (Phi) is 6.41. The fourth-order valence-electron chi connectivity index (χ4n) is 2.62. The van der Waals surface area contributed by atoms with Gasteiger partial charge in [-0.3, -0.25) is 0 Å². The van der Waals surface area contributed by atoms with Crippen LogP contribution in [0.15, 0.2) is 47.1 Å². The molecule has 0 N–H and O–H groups in total. The second-order valence-electron chi connectivity index (χ2n) is 5.37. The van der Waals surface area contributed by atoms with E-state index in [2.05, 4.69) is 4.74 Å². The van der Waals surface area contributed by atoms with Crippen molar-refractivity contribution in [1.82, 2.24) is 0 Å². The zero-order chi connectivity index (χ0) is 19.3. The monoisotopic (exact) mass is 379 g/mol. The lowest BCUT2D eigenvalue weighted by atomic mass is 9.93. The van der Waals surface area contributed by atoms with Crippen molar-refractivity contribution in [3.05, 3.63) is 52.1 Å². The lowest BCUT2D eigenvalue weighted by Gasteiger charge is -2.32. The molecule has 26 heavy (non-hydrogen) atoms. The highest BCUT2D eigenvalue weighted by molar-refractivity contribution is 6.30. The molecule has 1 aliphatic rings. The highest BCUT2D eigenvalue weighted by Crippen LogP contribution is 2.30. The number of hydrogen-bond donors (Lipinski definition) is 0. The molecule has 1 aromatic rings. The summed E-state index contributed by atoms with van der Waals surface area (Å²) in [5, 5.41) is 0.517. The van der Waals surface area contributed by atoms with Crippen molar-refractivity contribution in [1.29, 1.82) is 0 Å². The first-order valence-corrected chi connectivity index (χ1v) is 7.98. The van der Waals surface area contributed by atoms with Gasteiger partial charge in [-0.2, -0.15) is 0 Å². The van der Waals surface area contributed by atoms with Gasteiger partial charge in [0.15, 0.2) is 0 Å². The Hall–Kier alpha value is -2.80. The van der Waals surface area contributed by atoms with Crippen molar-refractivity contribution in [2.24, 2.45) is 0 Å². The lowest BCUT2D eigenvalue weighted by Crippen LogP contribution is -2.38. The standard InChI is InChI=1S/C18H18ClNO6/c1-24-15(21)7-11-9-20(13-6-4-5-12(19)8-13)10-14(17(22)25-2)16(11)18(23)26-3/h4-8H,9-10H2,1-3H3/b11-7+. The molecule has 0 spiro atoms. The minimum Gasteiger partial charge on any atom is -0.466 e. The Balaban J connectivity index is 2.61. The summed E-state index contributed by atoms with van der Waals surface area (Å²) in [6, 6.07) is 7.00. The van der Waals surface area contributed by atoms with Crippen molar-refractivity contribution in [3.8, 4) is 0 Å². The molecule has 0 aliphatic carbocycles. The van der Waals surface area contributed by atoms with Gasteiger partial charge >= 0.3 is 17.9 Å². The first kappa shape index (κ1) is 19.5. The second-order valence-corrected chi connectivity index (χ2v) is 5.80. The Morgan fingerprint density at radius 2 is 1.73 bits per heavy atom. The topological polar surface area (TPSA) is 82.1 Å². The van der Waals surface area contributed by atoms with Gasteiger partial charge in [-0.25, -0.2) is 14.4 Å². The molecule has 7 nitrogen and oxygen atoms in total. The number of nitrogens with zero attached hydrogens (tertiary/aromatic N) is 1. The summed E-state index contributed by atoms with van der Waals surface area (Å²) < 4.78 is 14.2. The van der Waals surface area contributed by atoms with Gasteiger partial charge in [0.1, 0.15) is 0 Å². The molecule has 0 saturated heterocycles. The van der Waals surface area contributed by atoms with Gasteiger partial charge in [-0.05, 0) is 23.8 Å². The Morgan fingerprint density at radius 3 is 2.31 bits per heavy atom. The number of carbonyl (C=O) groups excluding carboxylic acids is 3. The van der Waals surface area contributed by atoms with Crippen molar-refractivity contribution in [2.75, 3.05) is 39.3 Å². The number of ether oxygens (including phenoxy) is 3. The summed E-state index contributed by atoms with van der Waals surface area (Å²) in [6.07, 6.45) is 1.16. The average molecular weight is 380 g/mol. The van der Waals surface area contributed by atoms with E-state index in [0.717, 1.165) is 11.8 Å². The molecule has 0 amide bonds. The highest BCUT2D eigenvalue weighted by Gasteiger charge is 2.33. The Morgan fingerprint density at radius 1 is 1.04 bits per heavy atom. The number of hydrogen-bond acceptors (Lipinski definition) is 7. The molecule has 0 fully saturated rings. The lowest BCUT2D eigenvalue weighted by molar-refractivity contribution is -0.139. The van der Waals surface area contributed by atoms with Gasteiger partial charge in [0.25, 0.3) is 0 Å². The van der Waals surface area contributed by atoms with Crippen LogP contribution in [0.1, 0.15) is 0 Å². The van der Waals surface area contributed by atoms with Gasteiger partial charge in [-0.1, -0.05) is 17.7 Å². The predicted molar refractivity (Wildman–Crippen MR) is 94.8 cm³/mol. The Bertz CT molecular complexity index is 799. The summed E-state index contributed by atoms with van der Waals surface area (Å²) in [7, 11) is 3.63. The molecule has 0 unspecified atom stereocenters. The van der Waals surface area contributed by atoms with E-state index in [1.807, 2.05) is 0 Å². The fourth-order valence-corrected chi connectivity index (χ4v) is 2.81. The van der Waals surface area contributed by atoms with Crippen LogP contribution < -0.4 is 4.90 Å². The van der Waals surface area contributed by atoms with Gasteiger partial charge in [-0.15, -0.1) is 0 Å². The molecule has 0 bridgehead atoms. The number of anilines is 1. The molecule has 0 saturated carbocycles. The number of esters is 3. The minimum atomic E-state index is -0.730. The van der Waals surface area contributed by atoms with Gasteiger partial charge in [0, 0.05) is 23.3 Å². The van der Waals surface area contributed by atoms with E-state index in [0.29, 0.717) is 5.02 Å². The SMILES string of the molecule is COC(=O)/C=C1\CN(c2cccc(Cl)c2)CC(C(=O)OC)=C1C(=O)OC. The fraction of sp³-hybridized carbons (Fsp3) is 0.278. The van der Waals surface area contributed by atoms with Crippen molar-refractivity contribution < 1.29 is 28.6 Å². The third-order valence-corrected chi connectivity index (χ3v) is 4.06. The summed E-state index contributed by atoms with van der Waals surface area (Å²) in [5.41, 5.74) is 1.10. The maximum absolute atomic E-state index is 12.3. The van der Waals surface area contributed by atoms with Crippen LogP contribution in [-0.2, 0) is 28.6 Å². The molecule has 0 atom stereocenters. The van der Waals surface area contributed by atoms with Crippen molar-refractivity contribution in [2.45, 2.75) is 0 Å². The number of benzene rings is 1. The van der Waals surface area contributed by atoms with Crippen LogP contribution in [-0.4, -0.2) is 52.3 Å². The van der Waals surface area contributed by atoms with E-state index >= 15 is 0 Å². The number of halogens is 1. The predicted octanol–water partition coefficient (Wildman–Crippen LogP) is 1.90. The van der Waals surface area contributed by atoms with Gasteiger partial charge < -0.3 is 19.1 Å². The molecule has 1 aliphatic heterocycles. The smallest absolute Gasteiger partial charge is 0.338 e. The molecule has 1 aromatic carbocycles. The Labute approximate surface area is 155 Å². The molecule has 0 radical (unpaired) electrons. The number of methoxy groups -OCH3 is 3. The largest absolute Gasteiger partial charge is 0.466 e. The zero-order valence-corrected chi connectivity index (χ0v) is 15.3. The maximum atomic E-state index is 12.3. The number of rotatable bonds is 4. The summed E-state index contributed by atoms with van der Waals surface area (Å²) in [4.78, 5) is 38.1. The molecular formula is C18H18ClNO6. The van der Waals surface area contributed by atoms with E-state index in [1.165, 1.54) is 21.3 Å². The first-order valence-electron chi connectivity index (χ1n) is 7.60. The van der Waals surface area contributed by atoms with Crippen LogP contribution in [0.4, 0.5) is 5.69 Å².